The summed E-state index contributed by atoms with van der Waals surface area (Å²) in [5, 5.41) is 7.63. The lowest BCUT2D eigenvalue weighted by atomic mass is 9.90. The van der Waals surface area contributed by atoms with E-state index < -0.39 is 17.5 Å². The number of rotatable bonds is 5. The van der Waals surface area contributed by atoms with Crippen LogP contribution in [0.5, 0.6) is 0 Å². The van der Waals surface area contributed by atoms with Crippen molar-refractivity contribution in [2.45, 2.75) is 19.3 Å². The first-order valence-electron chi connectivity index (χ1n) is 10.5. The SMILES string of the molecule is O=C(C(=O)N1CCC(Cc2ccccc2)CC1)c1c[nH]c2c(-n3ccnn3)ncc(F)c12. The lowest BCUT2D eigenvalue weighted by Gasteiger charge is -2.31. The van der Waals surface area contributed by atoms with E-state index in [1.807, 2.05) is 18.2 Å². The molecule has 162 valence electrons. The minimum atomic E-state index is -0.729. The molecule has 1 N–H and O–H groups in total. The first-order valence-corrected chi connectivity index (χ1v) is 10.5. The van der Waals surface area contributed by atoms with Crippen LogP contribution in [0.1, 0.15) is 28.8 Å². The van der Waals surface area contributed by atoms with E-state index in [4.69, 9.17) is 0 Å². The molecule has 4 aromatic rings. The number of nitrogens with one attached hydrogen (secondary N) is 1. The van der Waals surface area contributed by atoms with Crippen molar-refractivity contribution in [1.82, 2.24) is 29.9 Å². The van der Waals surface area contributed by atoms with Gasteiger partial charge in [0.05, 0.1) is 35.1 Å². The Balaban J connectivity index is 1.33. The number of H-pyrrole nitrogens is 1. The molecule has 32 heavy (non-hydrogen) atoms. The summed E-state index contributed by atoms with van der Waals surface area (Å²) in [6, 6.07) is 10.3. The molecule has 0 aliphatic carbocycles. The van der Waals surface area contributed by atoms with Crippen molar-refractivity contribution in [2.75, 3.05) is 13.1 Å². The Labute approximate surface area is 183 Å². The zero-order chi connectivity index (χ0) is 22.1. The second-order valence-electron chi connectivity index (χ2n) is 7.98. The van der Waals surface area contributed by atoms with E-state index in [1.54, 1.807) is 11.1 Å². The molecule has 1 amide bonds. The Morgan fingerprint density at radius 2 is 1.94 bits per heavy atom. The molecule has 5 rings (SSSR count). The second kappa shape index (κ2) is 8.33. The summed E-state index contributed by atoms with van der Waals surface area (Å²) in [6.45, 7) is 1.03. The maximum Gasteiger partial charge on any atom is 0.295 e. The van der Waals surface area contributed by atoms with Gasteiger partial charge in [0.1, 0.15) is 0 Å². The van der Waals surface area contributed by atoms with Crippen LogP contribution in [0.2, 0.25) is 0 Å². The number of aromatic nitrogens is 5. The Morgan fingerprint density at radius 1 is 1.16 bits per heavy atom. The summed E-state index contributed by atoms with van der Waals surface area (Å²) in [5.74, 6) is -1.25. The van der Waals surface area contributed by atoms with Crippen molar-refractivity contribution in [3.63, 3.8) is 0 Å². The molecular weight excluding hydrogens is 411 g/mol. The fraction of sp³-hybridized carbons (Fsp3) is 0.261. The van der Waals surface area contributed by atoms with E-state index in [0.717, 1.165) is 25.5 Å². The Bertz CT molecular complexity index is 1260. The van der Waals surface area contributed by atoms with Gasteiger partial charge in [0.25, 0.3) is 11.7 Å². The zero-order valence-corrected chi connectivity index (χ0v) is 17.2. The summed E-state index contributed by atoms with van der Waals surface area (Å²) < 4.78 is 16.0. The first-order chi connectivity index (χ1) is 15.6. The largest absolute Gasteiger partial charge is 0.357 e. The van der Waals surface area contributed by atoms with Gasteiger partial charge in [-0.2, -0.15) is 0 Å². The molecule has 0 atom stereocenters. The number of fused-ring (bicyclic) bond motifs is 1. The highest BCUT2D eigenvalue weighted by Gasteiger charge is 2.30. The number of likely N-dealkylation sites (tertiary alicyclic amines) is 1. The average molecular weight is 432 g/mol. The van der Waals surface area contributed by atoms with Crippen LogP contribution in [0.4, 0.5) is 4.39 Å². The van der Waals surface area contributed by atoms with Crippen LogP contribution < -0.4 is 0 Å². The van der Waals surface area contributed by atoms with Crippen LogP contribution in [0.3, 0.4) is 0 Å². The lowest BCUT2D eigenvalue weighted by Crippen LogP contribution is -2.42. The molecule has 1 fully saturated rings. The Morgan fingerprint density at radius 3 is 2.66 bits per heavy atom. The zero-order valence-electron chi connectivity index (χ0n) is 17.2. The van der Waals surface area contributed by atoms with Crippen LogP contribution >= 0.6 is 0 Å². The highest BCUT2D eigenvalue weighted by Crippen LogP contribution is 2.27. The van der Waals surface area contributed by atoms with Crippen LogP contribution in [0.15, 0.2) is 55.1 Å². The number of carbonyl (C=O) groups excluding carboxylic acids is 2. The monoisotopic (exact) mass is 432 g/mol. The molecule has 9 heteroatoms. The molecule has 1 aliphatic rings. The number of ketones is 1. The van der Waals surface area contributed by atoms with Gasteiger partial charge in [-0.25, -0.2) is 14.1 Å². The number of piperidine rings is 1. The third-order valence-electron chi connectivity index (χ3n) is 5.99. The normalized spacial score (nSPS) is 14.7. The van der Waals surface area contributed by atoms with Crippen molar-refractivity contribution in [1.29, 1.82) is 0 Å². The van der Waals surface area contributed by atoms with Crippen LogP contribution in [-0.4, -0.2) is 54.6 Å². The van der Waals surface area contributed by atoms with Gasteiger partial charge in [0.2, 0.25) is 0 Å². The molecule has 0 radical (unpaired) electrons. The van der Waals surface area contributed by atoms with E-state index in [-0.39, 0.29) is 16.5 Å². The van der Waals surface area contributed by atoms with Crippen molar-refractivity contribution in [2.24, 2.45) is 5.92 Å². The topological polar surface area (TPSA) is 96.8 Å². The number of hydrogen-bond acceptors (Lipinski definition) is 5. The fourth-order valence-electron chi connectivity index (χ4n) is 4.32. The van der Waals surface area contributed by atoms with Crippen LogP contribution in [-0.2, 0) is 11.2 Å². The molecule has 0 bridgehead atoms. The first kappa shape index (κ1) is 20.0. The minimum absolute atomic E-state index is 0.00215. The Hall–Kier alpha value is -3.88. The standard InChI is InChI=1S/C23H21FN6O2/c24-18-14-26-22(30-11-8-27-28-30)20-19(18)17(13-25-20)21(31)23(32)29-9-6-16(7-10-29)12-15-4-2-1-3-5-15/h1-5,8,11,13-14,16,25H,6-7,9-10,12H2. The van der Waals surface area contributed by atoms with Gasteiger partial charge in [0.15, 0.2) is 11.6 Å². The third kappa shape index (κ3) is 3.66. The maximum absolute atomic E-state index is 14.6. The number of amides is 1. The number of aromatic amines is 1. The average Bonchev–Trinajstić information content (AvgIpc) is 3.51. The number of pyridine rings is 1. The van der Waals surface area contributed by atoms with Crippen molar-refractivity contribution in [3.05, 3.63) is 72.1 Å². The van der Waals surface area contributed by atoms with E-state index in [1.165, 1.54) is 22.6 Å². The molecule has 8 nitrogen and oxygen atoms in total. The number of benzene rings is 1. The summed E-state index contributed by atoms with van der Waals surface area (Å²) >= 11 is 0. The van der Waals surface area contributed by atoms with Gasteiger partial charge >= 0.3 is 0 Å². The quantitative estimate of drug-likeness (QED) is 0.386. The molecular formula is C23H21FN6O2. The number of halogens is 1. The molecule has 1 saturated heterocycles. The van der Waals surface area contributed by atoms with E-state index >= 15 is 0 Å². The highest BCUT2D eigenvalue weighted by molar-refractivity contribution is 6.45. The van der Waals surface area contributed by atoms with E-state index in [0.29, 0.717) is 24.8 Å². The number of Topliss-reactive ketones (excluding diaryl/α,β-unsaturated/α-hetero) is 1. The summed E-state index contributed by atoms with van der Waals surface area (Å²) in [4.78, 5) is 34.4. The van der Waals surface area contributed by atoms with E-state index in [2.05, 4.69) is 32.4 Å². The van der Waals surface area contributed by atoms with Gasteiger partial charge in [-0.05, 0) is 30.7 Å². The maximum atomic E-state index is 14.6. The number of nitrogens with zero attached hydrogens (tertiary/aromatic N) is 5. The second-order valence-corrected chi connectivity index (χ2v) is 7.98. The smallest absolute Gasteiger partial charge is 0.295 e. The predicted octanol–water partition coefficient (Wildman–Crippen LogP) is 2.95. The number of hydrogen-bond donors (Lipinski definition) is 1. The van der Waals surface area contributed by atoms with Crippen molar-refractivity contribution in [3.8, 4) is 5.82 Å². The fourth-order valence-corrected chi connectivity index (χ4v) is 4.32. The molecule has 0 spiro atoms. The van der Waals surface area contributed by atoms with Crippen LogP contribution in [0, 0.1) is 11.7 Å². The van der Waals surface area contributed by atoms with Gasteiger partial charge < -0.3 is 9.88 Å². The molecule has 1 aromatic carbocycles. The van der Waals surface area contributed by atoms with E-state index in [9.17, 15) is 14.0 Å². The molecule has 0 unspecified atom stereocenters. The minimum Gasteiger partial charge on any atom is -0.357 e. The molecule has 4 heterocycles. The number of carbonyl (C=O) groups is 2. The van der Waals surface area contributed by atoms with Crippen molar-refractivity contribution >= 4 is 22.6 Å². The van der Waals surface area contributed by atoms with Gasteiger partial charge in [-0.15, -0.1) is 5.10 Å². The summed E-state index contributed by atoms with van der Waals surface area (Å²) in [6.07, 6.45) is 8.03. The van der Waals surface area contributed by atoms with Gasteiger partial charge in [-0.1, -0.05) is 35.5 Å². The predicted molar refractivity (Wildman–Crippen MR) is 115 cm³/mol. The van der Waals surface area contributed by atoms with Crippen LogP contribution in [0.25, 0.3) is 16.7 Å². The molecule has 1 aliphatic heterocycles. The Kier molecular flexibility index (Phi) is 5.22. The van der Waals surface area contributed by atoms with Gasteiger partial charge in [-0.3, -0.25) is 9.59 Å². The molecule has 3 aromatic heterocycles. The lowest BCUT2D eigenvalue weighted by molar-refractivity contribution is -0.127. The third-order valence-corrected chi connectivity index (χ3v) is 5.99. The summed E-state index contributed by atoms with van der Waals surface area (Å²) in [5.41, 5.74) is 1.56. The molecule has 0 saturated carbocycles. The van der Waals surface area contributed by atoms with Gasteiger partial charge in [0, 0.05) is 19.3 Å². The highest BCUT2D eigenvalue weighted by atomic mass is 19.1. The summed E-state index contributed by atoms with van der Waals surface area (Å²) in [7, 11) is 0. The van der Waals surface area contributed by atoms with Crippen molar-refractivity contribution < 1.29 is 14.0 Å².